The number of halogens is 2. The van der Waals surface area contributed by atoms with Crippen LogP contribution in [0, 0.1) is 21.4 Å². The van der Waals surface area contributed by atoms with Crippen molar-refractivity contribution in [3.63, 3.8) is 0 Å². The van der Waals surface area contributed by atoms with Crippen LogP contribution in [0.1, 0.15) is 11.5 Å². The lowest BCUT2D eigenvalue weighted by atomic mass is 10.1. The van der Waals surface area contributed by atoms with E-state index in [2.05, 4.69) is 5.32 Å². The van der Waals surface area contributed by atoms with E-state index in [0.29, 0.717) is 11.3 Å². The molecule has 8 nitrogen and oxygen atoms in total. The molecule has 0 fully saturated rings. The molecule has 2 heterocycles. The molecule has 3 aromatic rings. The van der Waals surface area contributed by atoms with Crippen molar-refractivity contribution in [1.82, 2.24) is 5.32 Å². The fourth-order valence-corrected chi connectivity index (χ4v) is 2.89. The molecule has 0 unspecified atom stereocenters. The Morgan fingerprint density at radius 2 is 2.07 bits per heavy atom. The number of nitro benzene ring substituents is 1. The third-order valence-corrected chi connectivity index (χ3v) is 4.40. The summed E-state index contributed by atoms with van der Waals surface area (Å²) in [4.78, 5) is 22.4. The summed E-state index contributed by atoms with van der Waals surface area (Å²) in [6, 6.07) is 10.7. The first-order valence-corrected chi connectivity index (χ1v) is 8.80. The average Bonchev–Trinajstić information content (AvgIpc) is 3.37. The lowest BCUT2D eigenvalue weighted by molar-refractivity contribution is -0.384. The van der Waals surface area contributed by atoms with Crippen molar-refractivity contribution < 1.29 is 18.6 Å². The van der Waals surface area contributed by atoms with Gasteiger partial charge in [0.25, 0.3) is 11.6 Å². The second-order valence-corrected chi connectivity index (χ2v) is 6.49. The molecular weight excluding hydrogens is 421 g/mol. The average molecular weight is 432 g/mol. The van der Waals surface area contributed by atoms with E-state index < -0.39 is 10.8 Å². The quantitative estimate of drug-likeness (QED) is 0.254. The number of nitrogens with one attached hydrogen (secondary N) is 1. The topological polar surface area (TPSA) is 122 Å². The monoisotopic (exact) mass is 431 g/mol. The molecule has 0 saturated heterocycles. The second kappa shape index (κ2) is 8.65. The molecule has 1 N–H and O–H groups in total. The fourth-order valence-electron chi connectivity index (χ4n) is 2.41. The molecule has 2 aromatic heterocycles. The van der Waals surface area contributed by atoms with Crippen LogP contribution in [0.15, 0.2) is 57.1 Å². The van der Waals surface area contributed by atoms with Gasteiger partial charge in [-0.05, 0) is 30.3 Å². The molecule has 0 aliphatic heterocycles. The van der Waals surface area contributed by atoms with E-state index >= 15 is 0 Å². The van der Waals surface area contributed by atoms with Crippen molar-refractivity contribution in [2.24, 2.45) is 0 Å². The van der Waals surface area contributed by atoms with Crippen LogP contribution in [0.4, 0.5) is 5.69 Å². The third-order valence-electron chi connectivity index (χ3n) is 3.78. The van der Waals surface area contributed by atoms with E-state index in [1.807, 2.05) is 0 Å². The number of hydrogen-bond donors (Lipinski definition) is 1. The number of benzene rings is 1. The maximum Gasteiger partial charge on any atom is 0.289 e. The van der Waals surface area contributed by atoms with Gasteiger partial charge in [0.2, 0.25) is 0 Å². The van der Waals surface area contributed by atoms with Gasteiger partial charge < -0.3 is 14.2 Å². The van der Waals surface area contributed by atoms with Gasteiger partial charge in [-0.15, -0.1) is 0 Å². The Labute approximate surface area is 174 Å². The summed E-state index contributed by atoms with van der Waals surface area (Å²) in [5.41, 5.74) is -0.167. The first-order chi connectivity index (χ1) is 13.9. The van der Waals surface area contributed by atoms with Gasteiger partial charge in [-0.1, -0.05) is 23.2 Å². The number of hydrogen-bond acceptors (Lipinski definition) is 6. The van der Waals surface area contributed by atoms with E-state index in [0.717, 1.165) is 6.07 Å². The van der Waals surface area contributed by atoms with Crippen LogP contribution in [0.3, 0.4) is 0 Å². The molecular formula is C19H11Cl2N3O5. The molecule has 10 heteroatoms. The molecule has 1 amide bonds. The molecule has 1 aromatic carbocycles. The largest absolute Gasteiger partial charge is 0.467 e. The normalized spacial score (nSPS) is 11.1. The van der Waals surface area contributed by atoms with Crippen LogP contribution in [-0.2, 0) is 11.3 Å². The number of furan rings is 2. The first-order valence-electron chi connectivity index (χ1n) is 8.05. The molecule has 0 aliphatic carbocycles. The Morgan fingerprint density at radius 1 is 1.28 bits per heavy atom. The maximum atomic E-state index is 12.2. The Morgan fingerprint density at radius 3 is 2.72 bits per heavy atom. The van der Waals surface area contributed by atoms with Crippen molar-refractivity contribution in [1.29, 1.82) is 5.26 Å². The molecule has 3 rings (SSSR count). The van der Waals surface area contributed by atoms with Crippen LogP contribution in [0.2, 0.25) is 10.0 Å². The summed E-state index contributed by atoms with van der Waals surface area (Å²) in [5, 5.41) is 22.7. The minimum Gasteiger partial charge on any atom is -0.467 e. The molecule has 29 heavy (non-hydrogen) atoms. The van der Waals surface area contributed by atoms with Gasteiger partial charge in [0.15, 0.2) is 0 Å². The summed E-state index contributed by atoms with van der Waals surface area (Å²) in [6.45, 7) is 0.130. The highest BCUT2D eigenvalue weighted by molar-refractivity contribution is 6.36. The van der Waals surface area contributed by atoms with E-state index in [1.54, 1.807) is 24.3 Å². The highest BCUT2D eigenvalue weighted by Crippen LogP contribution is 2.37. The summed E-state index contributed by atoms with van der Waals surface area (Å²) in [7, 11) is 0. The molecule has 0 atom stereocenters. The van der Waals surface area contributed by atoms with Gasteiger partial charge >= 0.3 is 0 Å². The first kappa shape index (κ1) is 20.2. The smallest absolute Gasteiger partial charge is 0.289 e. The van der Waals surface area contributed by atoms with Crippen molar-refractivity contribution in [3.05, 3.63) is 79.9 Å². The molecule has 0 aliphatic rings. The summed E-state index contributed by atoms with van der Waals surface area (Å²) < 4.78 is 10.7. The van der Waals surface area contributed by atoms with Gasteiger partial charge in [-0.3, -0.25) is 14.9 Å². The van der Waals surface area contributed by atoms with Gasteiger partial charge in [-0.25, -0.2) is 0 Å². The van der Waals surface area contributed by atoms with Crippen molar-refractivity contribution in [3.8, 4) is 17.4 Å². The predicted molar refractivity (Wildman–Crippen MR) is 105 cm³/mol. The maximum absolute atomic E-state index is 12.2. The summed E-state index contributed by atoms with van der Waals surface area (Å²) in [6.07, 6.45) is 2.74. The minimum atomic E-state index is -0.644. The fraction of sp³-hybridized carbons (Fsp3) is 0.0526. The van der Waals surface area contributed by atoms with Crippen molar-refractivity contribution in [2.75, 3.05) is 0 Å². The predicted octanol–water partition coefficient (Wildman–Crippen LogP) is 4.98. The van der Waals surface area contributed by atoms with E-state index in [1.165, 1.54) is 24.5 Å². The highest BCUT2D eigenvalue weighted by atomic mass is 35.5. The van der Waals surface area contributed by atoms with Crippen LogP contribution >= 0.6 is 23.2 Å². The zero-order chi connectivity index (χ0) is 21.0. The number of nitrogens with zero attached hydrogens (tertiary/aromatic N) is 2. The van der Waals surface area contributed by atoms with Crippen LogP contribution in [-0.4, -0.2) is 10.8 Å². The SMILES string of the molecule is N#C/C(=C/c1ccc(-c2cc(Cl)c([N+](=O)[O-])cc2Cl)o1)C(=O)NCc1ccco1. The number of carbonyl (C=O) groups is 1. The van der Waals surface area contributed by atoms with Gasteiger partial charge in [0.1, 0.15) is 33.9 Å². The standard InChI is InChI=1S/C19H11Cl2N3O5/c20-15-8-17(24(26)27)16(21)7-14(15)18-4-3-12(29-18)6-11(9-22)19(25)23-10-13-2-1-5-28-13/h1-8H,10H2,(H,23,25)/b11-6-. The van der Waals surface area contributed by atoms with Crippen molar-refractivity contribution >= 4 is 40.9 Å². The molecule has 0 bridgehead atoms. The van der Waals surface area contributed by atoms with Gasteiger partial charge in [-0.2, -0.15) is 5.26 Å². The Balaban J connectivity index is 1.81. The zero-order valence-electron chi connectivity index (χ0n) is 14.5. The molecule has 0 saturated carbocycles. The number of rotatable bonds is 6. The number of carbonyl (C=O) groups excluding carboxylic acids is 1. The lowest BCUT2D eigenvalue weighted by Crippen LogP contribution is -2.23. The minimum absolute atomic E-state index is 0.0719. The molecule has 0 radical (unpaired) electrons. The van der Waals surface area contributed by atoms with Crippen LogP contribution < -0.4 is 5.32 Å². The number of nitriles is 1. The highest BCUT2D eigenvalue weighted by Gasteiger charge is 2.19. The third kappa shape index (κ3) is 4.66. The Kier molecular flexibility index (Phi) is 6.02. The molecule has 0 spiro atoms. The molecule has 146 valence electrons. The van der Waals surface area contributed by atoms with Crippen LogP contribution in [0.25, 0.3) is 17.4 Å². The number of nitro groups is 1. The van der Waals surface area contributed by atoms with Gasteiger partial charge in [0.05, 0.1) is 22.8 Å². The number of amides is 1. The van der Waals surface area contributed by atoms with E-state index in [9.17, 15) is 20.2 Å². The van der Waals surface area contributed by atoms with Gasteiger partial charge in [0, 0.05) is 17.7 Å². The Hall–Kier alpha value is -3.54. The van der Waals surface area contributed by atoms with Crippen molar-refractivity contribution in [2.45, 2.75) is 6.54 Å². The van der Waals surface area contributed by atoms with E-state index in [-0.39, 0.29) is 39.4 Å². The summed E-state index contributed by atoms with van der Waals surface area (Å²) in [5.74, 6) is 0.431. The second-order valence-electron chi connectivity index (χ2n) is 5.67. The van der Waals surface area contributed by atoms with Crippen LogP contribution in [0.5, 0.6) is 0 Å². The Bertz CT molecular complexity index is 1140. The zero-order valence-corrected chi connectivity index (χ0v) is 16.0. The van der Waals surface area contributed by atoms with E-state index in [4.69, 9.17) is 32.0 Å². The lowest BCUT2D eigenvalue weighted by Gasteiger charge is -2.03. The summed E-state index contributed by atoms with van der Waals surface area (Å²) >= 11 is 12.0.